The number of halogens is 1. The van der Waals surface area contributed by atoms with Crippen LogP contribution in [0.15, 0.2) is 25.8 Å². The van der Waals surface area contributed by atoms with E-state index in [9.17, 15) is 4.79 Å². The topological polar surface area (TPSA) is 43.1 Å². The molecule has 2 aromatic rings. The van der Waals surface area contributed by atoms with Gasteiger partial charge in [-0.15, -0.1) is 0 Å². The zero-order valence-corrected chi connectivity index (χ0v) is 9.38. The molecule has 72 valence electrons. The molecule has 0 fully saturated rings. The lowest BCUT2D eigenvalue weighted by molar-refractivity contribution is 0.467. The minimum atomic E-state index is -0.336. The fourth-order valence-corrected chi connectivity index (χ4v) is 1.98. The smallest absolute Gasteiger partial charge is 0.346 e. The van der Waals surface area contributed by atoms with E-state index in [-0.39, 0.29) is 5.63 Å². The quantitative estimate of drug-likeness (QED) is 0.725. The van der Waals surface area contributed by atoms with Gasteiger partial charge >= 0.3 is 5.63 Å². The first kappa shape index (κ1) is 9.40. The van der Waals surface area contributed by atoms with Crippen molar-refractivity contribution >= 4 is 26.8 Å². The van der Waals surface area contributed by atoms with Crippen molar-refractivity contribution in [2.45, 2.75) is 13.8 Å². The number of aryl methyl sites for hydroxylation is 2. The van der Waals surface area contributed by atoms with E-state index in [1.54, 1.807) is 13.0 Å². The molecule has 0 N–H and O–H groups in total. The van der Waals surface area contributed by atoms with Crippen molar-refractivity contribution in [2.75, 3.05) is 0 Å². The predicted octanol–water partition coefficient (Wildman–Crippen LogP) is 2.57. The van der Waals surface area contributed by atoms with Crippen LogP contribution in [0.1, 0.15) is 11.5 Å². The van der Waals surface area contributed by atoms with E-state index in [0.717, 1.165) is 10.0 Å². The third-order valence-corrected chi connectivity index (χ3v) is 2.45. The minimum absolute atomic E-state index is 0.336. The Morgan fingerprint density at radius 3 is 2.79 bits per heavy atom. The standard InChI is InChI=1S/C10H8BrNO2/c1-5-3-7(11)4-8-9(5)12-6(2)14-10(8)13/h3-4H,1-2H3. The van der Waals surface area contributed by atoms with E-state index in [0.29, 0.717) is 16.8 Å². The van der Waals surface area contributed by atoms with E-state index in [2.05, 4.69) is 20.9 Å². The van der Waals surface area contributed by atoms with Crippen LogP contribution >= 0.6 is 15.9 Å². The second-order valence-electron chi connectivity index (χ2n) is 3.14. The molecule has 0 aliphatic rings. The van der Waals surface area contributed by atoms with Crippen molar-refractivity contribution in [3.63, 3.8) is 0 Å². The van der Waals surface area contributed by atoms with Crippen molar-refractivity contribution in [2.24, 2.45) is 0 Å². The van der Waals surface area contributed by atoms with Gasteiger partial charge in [0.05, 0.1) is 10.9 Å². The maximum Gasteiger partial charge on any atom is 0.346 e. The molecule has 0 aliphatic carbocycles. The number of benzene rings is 1. The summed E-state index contributed by atoms with van der Waals surface area (Å²) in [5, 5.41) is 0.516. The van der Waals surface area contributed by atoms with Gasteiger partial charge in [0.1, 0.15) is 0 Å². The van der Waals surface area contributed by atoms with Gasteiger partial charge in [0.15, 0.2) is 5.89 Å². The Hall–Kier alpha value is -1.16. The number of aromatic nitrogens is 1. The molecule has 0 unspecified atom stereocenters. The monoisotopic (exact) mass is 253 g/mol. The largest absolute Gasteiger partial charge is 0.408 e. The summed E-state index contributed by atoms with van der Waals surface area (Å²) in [4.78, 5) is 15.7. The fraction of sp³-hybridized carbons (Fsp3) is 0.200. The third-order valence-electron chi connectivity index (χ3n) is 1.99. The average molecular weight is 254 g/mol. The summed E-state index contributed by atoms with van der Waals surface area (Å²) < 4.78 is 5.77. The highest BCUT2D eigenvalue weighted by molar-refractivity contribution is 9.10. The number of fused-ring (bicyclic) bond motifs is 1. The molecule has 0 radical (unpaired) electrons. The maximum atomic E-state index is 11.5. The van der Waals surface area contributed by atoms with E-state index in [4.69, 9.17) is 4.42 Å². The molecule has 14 heavy (non-hydrogen) atoms. The first-order valence-electron chi connectivity index (χ1n) is 4.15. The molecule has 0 spiro atoms. The van der Waals surface area contributed by atoms with Crippen molar-refractivity contribution in [3.05, 3.63) is 38.5 Å². The van der Waals surface area contributed by atoms with Crippen LogP contribution in [0.5, 0.6) is 0 Å². The Balaban J connectivity index is 3.02. The summed E-state index contributed by atoms with van der Waals surface area (Å²) >= 11 is 3.33. The summed E-state index contributed by atoms with van der Waals surface area (Å²) in [7, 11) is 0. The molecule has 1 aromatic heterocycles. The summed E-state index contributed by atoms with van der Waals surface area (Å²) in [6.45, 7) is 3.58. The molecule has 1 heterocycles. The third kappa shape index (κ3) is 1.46. The van der Waals surface area contributed by atoms with Crippen LogP contribution in [0.2, 0.25) is 0 Å². The van der Waals surface area contributed by atoms with Crippen LogP contribution in [0.4, 0.5) is 0 Å². The van der Waals surface area contributed by atoms with Crippen LogP contribution in [0.25, 0.3) is 10.9 Å². The van der Waals surface area contributed by atoms with Gasteiger partial charge in [-0.05, 0) is 24.6 Å². The van der Waals surface area contributed by atoms with Crippen LogP contribution < -0.4 is 5.63 Å². The predicted molar refractivity (Wildman–Crippen MR) is 57.5 cm³/mol. The highest BCUT2D eigenvalue weighted by Gasteiger charge is 2.06. The number of hydrogen-bond acceptors (Lipinski definition) is 3. The van der Waals surface area contributed by atoms with Crippen molar-refractivity contribution in [1.29, 1.82) is 0 Å². The molecule has 0 saturated carbocycles. The Labute approximate surface area is 88.9 Å². The van der Waals surface area contributed by atoms with Crippen LogP contribution in [-0.4, -0.2) is 4.98 Å². The molecule has 0 aliphatic heterocycles. The van der Waals surface area contributed by atoms with Gasteiger partial charge in [-0.25, -0.2) is 9.78 Å². The number of rotatable bonds is 0. The van der Waals surface area contributed by atoms with Crippen molar-refractivity contribution < 1.29 is 4.42 Å². The lowest BCUT2D eigenvalue weighted by Gasteiger charge is -2.01. The molecule has 1 aromatic carbocycles. The lowest BCUT2D eigenvalue weighted by atomic mass is 10.1. The molecular formula is C10H8BrNO2. The molecule has 4 heteroatoms. The Morgan fingerprint density at radius 2 is 2.07 bits per heavy atom. The average Bonchev–Trinajstić information content (AvgIpc) is 2.07. The molecular weight excluding hydrogens is 246 g/mol. The van der Waals surface area contributed by atoms with Crippen LogP contribution in [0.3, 0.4) is 0 Å². The number of nitrogens with zero attached hydrogens (tertiary/aromatic N) is 1. The molecule has 2 rings (SSSR count). The summed E-state index contributed by atoms with van der Waals surface area (Å²) in [5.41, 5.74) is 1.34. The molecule has 0 bridgehead atoms. The van der Waals surface area contributed by atoms with Gasteiger partial charge in [0.2, 0.25) is 0 Å². The SMILES string of the molecule is Cc1nc2c(C)cc(Br)cc2c(=O)o1. The van der Waals surface area contributed by atoms with Gasteiger partial charge in [0, 0.05) is 11.4 Å². The fourth-order valence-electron chi connectivity index (χ4n) is 1.41. The van der Waals surface area contributed by atoms with Crippen LogP contribution in [0, 0.1) is 13.8 Å². The van der Waals surface area contributed by atoms with Gasteiger partial charge in [-0.3, -0.25) is 0 Å². The van der Waals surface area contributed by atoms with Crippen molar-refractivity contribution in [3.8, 4) is 0 Å². The lowest BCUT2D eigenvalue weighted by Crippen LogP contribution is -2.03. The summed E-state index contributed by atoms with van der Waals surface area (Å²) in [6.07, 6.45) is 0. The minimum Gasteiger partial charge on any atom is -0.408 e. The summed E-state index contributed by atoms with van der Waals surface area (Å²) in [5.74, 6) is 0.396. The second kappa shape index (κ2) is 3.20. The highest BCUT2D eigenvalue weighted by Crippen LogP contribution is 2.19. The molecule has 0 saturated heterocycles. The van der Waals surface area contributed by atoms with Gasteiger partial charge in [-0.1, -0.05) is 15.9 Å². The second-order valence-corrected chi connectivity index (χ2v) is 4.05. The zero-order chi connectivity index (χ0) is 10.3. The van der Waals surface area contributed by atoms with E-state index in [1.807, 2.05) is 13.0 Å². The van der Waals surface area contributed by atoms with Crippen molar-refractivity contribution in [1.82, 2.24) is 4.98 Å². The Morgan fingerprint density at radius 1 is 1.36 bits per heavy atom. The zero-order valence-electron chi connectivity index (χ0n) is 7.80. The maximum absolute atomic E-state index is 11.5. The Kier molecular flexibility index (Phi) is 2.15. The van der Waals surface area contributed by atoms with E-state index < -0.39 is 0 Å². The van der Waals surface area contributed by atoms with E-state index >= 15 is 0 Å². The van der Waals surface area contributed by atoms with Crippen LogP contribution in [-0.2, 0) is 0 Å². The first-order valence-corrected chi connectivity index (χ1v) is 4.95. The van der Waals surface area contributed by atoms with Gasteiger partial charge in [0.25, 0.3) is 0 Å². The van der Waals surface area contributed by atoms with Gasteiger partial charge < -0.3 is 4.42 Å². The summed E-state index contributed by atoms with van der Waals surface area (Å²) in [6, 6.07) is 3.65. The Bertz CT molecular complexity index is 560. The van der Waals surface area contributed by atoms with E-state index in [1.165, 1.54) is 0 Å². The normalized spacial score (nSPS) is 10.8. The molecule has 3 nitrogen and oxygen atoms in total. The molecule has 0 atom stereocenters. The highest BCUT2D eigenvalue weighted by atomic mass is 79.9. The molecule has 0 amide bonds. The van der Waals surface area contributed by atoms with Gasteiger partial charge in [-0.2, -0.15) is 0 Å². The first-order chi connectivity index (χ1) is 6.58. The number of hydrogen-bond donors (Lipinski definition) is 0.